The van der Waals surface area contributed by atoms with Gasteiger partial charge in [-0.2, -0.15) is 0 Å². The van der Waals surface area contributed by atoms with Gasteiger partial charge < -0.3 is 30.2 Å². The first-order valence-electron chi connectivity index (χ1n) is 14.8. The number of aliphatic hydroxyl groups excluding tert-OH is 2. The molecular weight excluding hydrogens is 555 g/mol. The highest BCUT2D eigenvalue weighted by atomic mass is 19.1. The number of nitrogens with zero attached hydrogens (tertiary/aromatic N) is 1. The molecule has 5 N–H and O–H groups in total. The number of furan rings is 1. The predicted molar refractivity (Wildman–Crippen MR) is 155 cm³/mol. The molecule has 4 aliphatic carbocycles. The van der Waals surface area contributed by atoms with Gasteiger partial charge in [0.25, 0.3) is 0 Å². The summed E-state index contributed by atoms with van der Waals surface area (Å²) in [6.07, 6.45) is 6.91. The molecule has 0 radical (unpaired) electrons. The van der Waals surface area contributed by atoms with Crippen molar-refractivity contribution < 1.29 is 38.5 Å². The van der Waals surface area contributed by atoms with Crippen LogP contribution in [0.3, 0.4) is 0 Å². The number of hydrogen-bond acceptors (Lipinski definition) is 8. The fourth-order valence-electron chi connectivity index (χ4n) is 8.98. The van der Waals surface area contributed by atoms with Crippen LogP contribution in [0.2, 0.25) is 0 Å². The minimum atomic E-state index is -1.79. The van der Waals surface area contributed by atoms with Gasteiger partial charge in [-0.25, -0.2) is 19.0 Å². The van der Waals surface area contributed by atoms with Crippen molar-refractivity contribution in [3.8, 4) is 0 Å². The van der Waals surface area contributed by atoms with E-state index in [0.717, 1.165) is 24.0 Å². The second-order valence-corrected chi connectivity index (χ2v) is 12.9. The van der Waals surface area contributed by atoms with Gasteiger partial charge in [-0.05, 0) is 110 Å². The number of carbonyl (C=O) groups excluding carboxylic acids is 1. The number of aliphatic hydroxyl groups is 2. The van der Waals surface area contributed by atoms with Crippen LogP contribution < -0.4 is 5.73 Å². The number of aliphatic carboxylic acids is 1. The number of esters is 1. The lowest BCUT2D eigenvalue weighted by atomic mass is 9.45. The van der Waals surface area contributed by atoms with Crippen LogP contribution in [0.25, 0.3) is 0 Å². The van der Waals surface area contributed by atoms with Crippen molar-refractivity contribution in [1.82, 2.24) is 0 Å². The number of nitrogens with two attached hydrogens (primary N) is 1. The zero-order valence-electron chi connectivity index (χ0n) is 24.3. The molecule has 6 rings (SSSR count). The quantitative estimate of drug-likeness (QED) is 0.352. The van der Waals surface area contributed by atoms with Gasteiger partial charge in [-0.1, -0.05) is 19.4 Å². The largest absolute Gasteiger partial charge is 0.478 e. The van der Waals surface area contributed by atoms with E-state index in [2.05, 4.69) is 6.92 Å². The number of carboxylic acids is 1. The van der Waals surface area contributed by atoms with Crippen LogP contribution in [0.5, 0.6) is 0 Å². The summed E-state index contributed by atoms with van der Waals surface area (Å²) in [5.74, 6) is -2.84. The molecule has 2 aromatic rings. The smallest absolute Gasteiger partial charge is 0.375 e. The van der Waals surface area contributed by atoms with Crippen LogP contribution in [0.4, 0.5) is 10.1 Å². The Morgan fingerprint density at radius 2 is 2.05 bits per heavy atom. The molecule has 7 atom stereocenters. The van der Waals surface area contributed by atoms with Gasteiger partial charge in [0.15, 0.2) is 0 Å². The van der Waals surface area contributed by atoms with Crippen molar-refractivity contribution in [3.63, 3.8) is 0 Å². The van der Waals surface area contributed by atoms with Crippen molar-refractivity contribution >= 4 is 23.3 Å². The molecule has 0 spiro atoms. The molecule has 43 heavy (non-hydrogen) atoms. The summed E-state index contributed by atoms with van der Waals surface area (Å²) in [5, 5.41) is 31.9. The Morgan fingerprint density at radius 1 is 1.26 bits per heavy atom. The van der Waals surface area contributed by atoms with Crippen molar-refractivity contribution in [2.45, 2.75) is 70.7 Å². The second kappa shape index (κ2) is 10.4. The molecular formula is C33H37FN2O7. The first-order chi connectivity index (χ1) is 20.5. The molecule has 3 saturated carbocycles. The minimum Gasteiger partial charge on any atom is -0.478 e. The van der Waals surface area contributed by atoms with E-state index >= 15 is 0 Å². The van der Waals surface area contributed by atoms with Crippen LogP contribution in [0.1, 0.15) is 68.5 Å². The Bertz CT molecular complexity index is 1550. The third-order valence-electron chi connectivity index (χ3n) is 11.0. The van der Waals surface area contributed by atoms with Gasteiger partial charge in [-0.3, -0.25) is 0 Å². The Balaban J connectivity index is 1.34. The summed E-state index contributed by atoms with van der Waals surface area (Å²) in [6, 6.07) is 7.33. The number of halogens is 1. The van der Waals surface area contributed by atoms with E-state index in [1.54, 1.807) is 12.1 Å². The zero-order chi connectivity index (χ0) is 30.7. The van der Waals surface area contributed by atoms with E-state index in [1.165, 1.54) is 30.7 Å². The van der Waals surface area contributed by atoms with Gasteiger partial charge in [0, 0.05) is 11.0 Å². The fourth-order valence-corrected chi connectivity index (χ4v) is 8.98. The van der Waals surface area contributed by atoms with E-state index in [4.69, 9.17) is 19.9 Å². The topological polar surface area (TPSA) is 156 Å². The molecule has 0 bridgehead atoms. The first-order valence-corrected chi connectivity index (χ1v) is 14.8. The van der Waals surface area contributed by atoms with Crippen LogP contribution in [-0.4, -0.2) is 44.7 Å². The number of carboxylic acid groups (broad SMARTS) is 1. The number of allylic oxidation sites excluding steroid dienone is 3. The lowest BCUT2D eigenvalue weighted by Gasteiger charge is -2.60. The van der Waals surface area contributed by atoms with Gasteiger partial charge in [0.05, 0.1) is 30.4 Å². The SMILES string of the molecule is C[C@]12CC(=CN)C(=Nc3ccc(F)c(CO)c3)C=C1CC[C@@H]1C2C(O)C[C@@]2(C)C1CC[C@]2(OC(=O)c1ccco1)C(=O)O. The molecule has 1 heterocycles. The van der Waals surface area contributed by atoms with Crippen molar-refractivity contribution in [3.05, 3.63) is 77.2 Å². The molecule has 0 amide bonds. The summed E-state index contributed by atoms with van der Waals surface area (Å²) in [7, 11) is 0. The van der Waals surface area contributed by atoms with Gasteiger partial charge >= 0.3 is 11.9 Å². The van der Waals surface area contributed by atoms with Gasteiger partial charge in [0.2, 0.25) is 11.4 Å². The highest BCUT2D eigenvalue weighted by Crippen LogP contribution is 2.68. The summed E-state index contributed by atoms with van der Waals surface area (Å²) in [4.78, 5) is 30.6. The molecule has 10 heteroatoms. The molecule has 1 aromatic heterocycles. The van der Waals surface area contributed by atoms with Crippen molar-refractivity contribution in [2.75, 3.05) is 0 Å². The number of rotatable bonds is 5. The van der Waals surface area contributed by atoms with E-state index < -0.39 is 46.9 Å². The van der Waals surface area contributed by atoms with Crippen molar-refractivity contribution in [1.29, 1.82) is 0 Å². The highest BCUT2D eigenvalue weighted by Gasteiger charge is 2.71. The normalized spacial score (nSPS) is 36.9. The number of ether oxygens (including phenoxy) is 1. The number of carbonyl (C=O) groups is 2. The van der Waals surface area contributed by atoms with Crippen LogP contribution >= 0.6 is 0 Å². The summed E-state index contributed by atoms with van der Waals surface area (Å²) < 4.78 is 25.0. The number of hydrogen-bond donors (Lipinski definition) is 4. The molecule has 9 nitrogen and oxygen atoms in total. The maximum Gasteiger partial charge on any atom is 0.375 e. The Morgan fingerprint density at radius 3 is 2.72 bits per heavy atom. The Hall–Kier alpha value is -3.76. The predicted octanol–water partition coefficient (Wildman–Crippen LogP) is 5.05. The van der Waals surface area contributed by atoms with E-state index in [1.807, 2.05) is 13.0 Å². The molecule has 228 valence electrons. The van der Waals surface area contributed by atoms with Gasteiger partial charge in [-0.15, -0.1) is 0 Å². The highest BCUT2D eigenvalue weighted by molar-refractivity contribution is 6.11. The fraction of sp³-hybridized carbons (Fsp3) is 0.485. The molecule has 1 aromatic carbocycles. The van der Waals surface area contributed by atoms with E-state index in [-0.39, 0.29) is 41.9 Å². The zero-order valence-corrected chi connectivity index (χ0v) is 24.3. The van der Waals surface area contributed by atoms with E-state index in [0.29, 0.717) is 24.2 Å². The third-order valence-corrected chi connectivity index (χ3v) is 11.0. The number of benzene rings is 1. The second-order valence-electron chi connectivity index (χ2n) is 12.9. The molecule has 4 aliphatic rings. The lowest BCUT2D eigenvalue weighted by molar-refractivity contribution is -0.195. The first kappa shape index (κ1) is 29.3. The minimum absolute atomic E-state index is 0.00108. The molecule has 3 unspecified atom stereocenters. The van der Waals surface area contributed by atoms with Crippen LogP contribution in [0, 0.1) is 34.4 Å². The average Bonchev–Trinajstić information content (AvgIpc) is 3.61. The maximum atomic E-state index is 14.0. The lowest BCUT2D eigenvalue weighted by Crippen LogP contribution is -2.62. The molecule has 3 fully saturated rings. The number of fused-ring (bicyclic) bond motifs is 5. The van der Waals surface area contributed by atoms with E-state index in [9.17, 15) is 29.3 Å². The molecule has 0 saturated heterocycles. The average molecular weight is 593 g/mol. The van der Waals surface area contributed by atoms with Crippen LogP contribution in [0.15, 0.2) is 69.4 Å². The molecule has 0 aliphatic heterocycles. The summed E-state index contributed by atoms with van der Waals surface area (Å²) in [6.45, 7) is 3.55. The Labute approximate surface area is 248 Å². The summed E-state index contributed by atoms with van der Waals surface area (Å²) >= 11 is 0. The summed E-state index contributed by atoms with van der Waals surface area (Å²) in [5.41, 5.74) is 6.14. The third kappa shape index (κ3) is 4.37. The number of aliphatic imine (C=N–C) groups is 1. The van der Waals surface area contributed by atoms with Crippen molar-refractivity contribution in [2.24, 2.45) is 39.3 Å². The maximum absolute atomic E-state index is 14.0. The van der Waals surface area contributed by atoms with Crippen LogP contribution in [-0.2, 0) is 16.1 Å². The van der Waals surface area contributed by atoms with Gasteiger partial charge in [0.1, 0.15) is 5.82 Å². The Kier molecular flexibility index (Phi) is 7.12. The monoisotopic (exact) mass is 592 g/mol. The standard InChI is InChI=1S/C33H37FN2O7/c1-31-14-19(16-35)25(36-21-6-8-24(34)18(12-21)17-37)13-20(31)5-7-22-23-9-10-33(30(40)41,32(23,2)15-26(38)28(22)31)43-29(39)27-4-3-11-42-27/h3-4,6,8,11-13,16,22-23,26,28,37-38H,5,7,9-10,14-15,17,35H2,1-2H3,(H,40,41)/t22-,23?,26?,28?,31-,32-,33-/m0/s1.